The number of rotatable bonds is 6. The van der Waals surface area contributed by atoms with Crippen LogP contribution < -0.4 is 10.2 Å². The van der Waals surface area contributed by atoms with E-state index in [-0.39, 0.29) is 35.6 Å². The molecular weight excluding hydrogens is 412 g/mol. The van der Waals surface area contributed by atoms with Gasteiger partial charge in [0.25, 0.3) is 0 Å². The number of ether oxygens (including phenoxy) is 2. The van der Waals surface area contributed by atoms with Crippen LogP contribution in [0.1, 0.15) is 43.0 Å². The maximum atomic E-state index is 13.2. The Morgan fingerprint density at radius 1 is 1.12 bits per heavy atom. The van der Waals surface area contributed by atoms with Crippen molar-refractivity contribution in [3.8, 4) is 0 Å². The molecule has 32 heavy (non-hydrogen) atoms. The Labute approximate surface area is 186 Å². The van der Waals surface area contributed by atoms with E-state index in [1.54, 1.807) is 26.0 Å². The summed E-state index contributed by atoms with van der Waals surface area (Å²) in [4.78, 5) is 30.1. The molecular formula is C23H29N4O5+. The van der Waals surface area contributed by atoms with E-state index in [1.807, 2.05) is 28.8 Å². The number of hydrogen-bond acceptors (Lipinski definition) is 7. The van der Waals surface area contributed by atoms with Gasteiger partial charge in [0.05, 0.1) is 43.9 Å². The molecule has 2 aromatic heterocycles. The third-order valence-corrected chi connectivity index (χ3v) is 5.85. The van der Waals surface area contributed by atoms with Crippen molar-refractivity contribution >= 4 is 29.0 Å². The molecule has 0 saturated carbocycles. The topological polar surface area (TPSA) is 110 Å². The molecule has 1 amide bonds. The lowest BCUT2D eigenvalue weighted by Gasteiger charge is -2.37. The van der Waals surface area contributed by atoms with Crippen molar-refractivity contribution in [1.29, 1.82) is 0 Å². The number of esters is 1. The minimum absolute atomic E-state index is 0.0261. The maximum Gasteiger partial charge on any atom is 0.523 e. The zero-order valence-corrected chi connectivity index (χ0v) is 18.5. The van der Waals surface area contributed by atoms with Gasteiger partial charge in [0.2, 0.25) is 5.76 Å². The van der Waals surface area contributed by atoms with E-state index >= 15 is 0 Å². The SMILES string of the molecule is CCOC(=O)c1ccc(Cn2c([N+]3(C(=O)OCC)CCC(N)CC3)nc3ccccc32)o1. The highest BCUT2D eigenvalue weighted by Gasteiger charge is 2.48. The molecule has 1 fully saturated rings. The minimum atomic E-state index is -0.505. The minimum Gasteiger partial charge on any atom is -0.460 e. The number of fused-ring (bicyclic) bond motifs is 1. The fourth-order valence-electron chi connectivity index (χ4n) is 4.22. The van der Waals surface area contributed by atoms with Crippen LogP contribution in [-0.4, -0.2) is 54.0 Å². The summed E-state index contributed by atoms with van der Waals surface area (Å²) < 4.78 is 18.2. The smallest absolute Gasteiger partial charge is 0.460 e. The van der Waals surface area contributed by atoms with Gasteiger partial charge in [0.15, 0.2) is 0 Å². The number of furan rings is 1. The van der Waals surface area contributed by atoms with E-state index in [2.05, 4.69) is 0 Å². The van der Waals surface area contributed by atoms with Crippen LogP contribution in [0.2, 0.25) is 0 Å². The third kappa shape index (κ3) is 4.01. The van der Waals surface area contributed by atoms with Gasteiger partial charge in [0, 0.05) is 18.9 Å². The third-order valence-electron chi connectivity index (χ3n) is 5.85. The van der Waals surface area contributed by atoms with Crippen LogP contribution in [0.25, 0.3) is 11.0 Å². The van der Waals surface area contributed by atoms with E-state index in [0.29, 0.717) is 44.2 Å². The standard InChI is InChI=1S/C23H29N4O5/c1-3-30-21(28)20-10-9-17(32-20)15-26-19-8-6-5-7-18(19)25-22(26)27(23(29)31-4-2)13-11-16(24)12-14-27/h5-10,16H,3-4,11-15,24H2,1-2H3/q+1. The first-order chi connectivity index (χ1) is 15.5. The van der Waals surface area contributed by atoms with Crippen molar-refractivity contribution in [2.75, 3.05) is 26.3 Å². The molecule has 3 aromatic rings. The molecule has 0 aliphatic carbocycles. The van der Waals surface area contributed by atoms with Crippen LogP contribution in [-0.2, 0) is 16.0 Å². The summed E-state index contributed by atoms with van der Waals surface area (Å²) in [5.41, 5.74) is 7.80. The molecule has 1 aliphatic rings. The highest BCUT2D eigenvalue weighted by atomic mass is 16.6. The van der Waals surface area contributed by atoms with Gasteiger partial charge in [-0.3, -0.25) is 4.57 Å². The zero-order chi connectivity index (χ0) is 22.7. The number of hydrogen-bond donors (Lipinski definition) is 1. The number of carbonyl (C=O) groups excluding carboxylic acids is 2. The molecule has 4 rings (SSSR count). The fourth-order valence-corrected chi connectivity index (χ4v) is 4.22. The van der Waals surface area contributed by atoms with Crippen LogP contribution in [0.15, 0.2) is 40.8 Å². The van der Waals surface area contributed by atoms with Gasteiger partial charge in [-0.25, -0.2) is 4.79 Å². The van der Waals surface area contributed by atoms with Gasteiger partial charge in [-0.15, -0.1) is 0 Å². The summed E-state index contributed by atoms with van der Waals surface area (Å²) in [6.07, 6.45) is 1.05. The fraction of sp³-hybridized carbons (Fsp3) is 0.435. The first-order valence-electron chi connectivity index (χ1n) is 11.0. The Kier molecular flexibility index (Phi) is 6.29. The van der Waals surface area contributed by atoms with Gasteiger partial charge in [-0.1, -0.05) is 12.1 Å². The largest absolute Gasteiger partial charge is 0.523 e. The van der Waals surface area contributed by atoms with Crippen molar-refractivity contribution in [2.24, 2.45) is 5.73 Å². The summed E-state index contributed by atoms with van der Waals surface area (Å²) >= 11 is 0. The molecule has 0 unspecified atom stereocenters. The van der Waals surface area contributed by atoms with Crippen molar-refractivity contribution in [1.82, 2.24) is 14.0 Å². The molecule has 1 aliphatic heterocycles. The molecule has 3 heterocycles. The number of para-hydroxylation sites is 2. The summed E-state index contributed by atoms with van der Waals surface area (Å²) in [7, 11) is 0. The van der Waals surface area contributed by atoms with E-state index in [4.69, 9.17) is 24.6 Å². The van der Waals surface area contributed by atoms with Gasteiger partial charge in [0.1, 0.15) is 5.76 Å². The second kappa shape index (κ2) is 9.13. The number of nitrogens with zero attached hydrogens (tertiary/aromatic N) is 3. The lowest BCUT2D eigenvalue weighted by Crippen LogP contribution is -2.61. The molecule has 9 heteroatoms. The van der Waals surface area contributed by atoms with Crippen LogP contribution in [0, 0.1) is 0 Å². The predicted molar refractivity (Wildman–Crippen MR) is 119 cm³/mol. The number of likely N-dealkylation sites (tertiary alicyclic amines) is 1. The van der Waals surface area contributed by atoms with Gasteiger partial charge in [-0.05, 0) is 38.1 Å². The Bertz CT molecular complexity index is 1110. The number of piperidine rings is 1. The second-order valence-electron chi connectivity index (χ2n) is 7.92. The molecule has 1 aromatic carbocycles. The van der Waals surface area contributed by atoms with Gasteiger partial charge >= 0.3 is 18.0 Å². The van der Waals surface area contributed by atoms with E-state index < -0.39 is 5.97 Å². The van der Waals surface area contributed by atoms with Crippen molar-refractivity contribution in [3.05, 3.63) is 47.9 Å². The first-order valence-corrected chi connectivity index (χ1v) is 11.0. The average molecular weight is 442 g/mol. The van der Waals surface area contributed by atoms with Crippen molar-refractivity contribution < 1.29 is 23.5 Å². The van der Waals surface area contributed by atoms with Crippen LogP contribution in [0.3, 0.4) is 0 Å². The number of amides is 1. The molecule has 0 atom stereocenters. The number of quaternary nitrogens is 1. The molecule has 2 N–H and O–H groups in total. The van der Waals surface area contributed by atoms with Gasteiger partial charge in [-0.2, -0.15) is 14.3 Å². The molecule has 0 spiro atoms. The second-order valence-corrected chi connectivity index (χ2v) is 7.92. The Morgan fingerprint density at radius 3 is 2.56 bits per heavy atom. The molecule has 1 saturated heterocycles. The van der Waals surface area contributed by atoms with Crippen molar-refractivity contribution in [3.63, 3.8) is 0 Å². The summed E-state index contributed by atoms with van der Waals surface area (Å²) in [6, 6.07) is 11.1. The van der Waals surface area contributed by atoms with E-state index in [1.165, 1.54) is 0 Å². The predicted octanol–water partition coefficient (Wildman–Crippen LogP) is 3.44. The molecule has 170 valence electrons. The number of aromatic nitrogens is 2. The van der Waals surface area contributed by atoms with E-state index in [0.717, 1.165) is 11.0 Å². The molecule has 0 bridgehead atoms. The summed E-state index contributed by atoms with van der Waals surface area (Å²) in [5, 5.41) is 0. The Balaban J connectivity index is 1.79. The molecule has 9 nitrogen and oxygen atoms in total. The number of benzene rings is 1. The summed E-state index contributed by atoms with van der Waals surface area (Å²) in [6.45, 7) is 5.42. The van der Waals surface area contributed by atoms with Crippen LogP contribution in [0.4, 0.5) is 10.7 Å². The lowest BCUT2D eigenvalue weighted by atomic mass is 10.0. The Morgan fingerprint density at radius 2 is 1.84 bits per heavy atom. The number of carbonyl (C=O) groups is 2. The Hall–Kier alpha value is -3.17. The highest BCUT2D eigenvalue weighted by Crippen LogP contribution is 2.33. The number of imidazole rings is 1. The zero-order valence-electron chi connectivity index (χ0n) is 18.5. The maximum absolute atomic E-state index is 13.2. The first kappa shape index (κ1) is 22.0. The normalized spacial score (nSPS) is 20.9. The number of nitrogens with two attached hydrogens (primary N) is 1. The summed E-state index contributed by atoms with van der Waals surface area (Å²) in [5.74, 6) is 0.791. The van der Waals surface area contributed by atoms with Gasteiger partial charge < -0.3 is 19.6 Å². The molecule has 0 radical (unpaired) electrons. The average Bonchev–Trinajstić information content (AvgIpc) is 3.41. The van der Waals surface area contributed by atoms with Crippen LogP contribution in [0.5, 0.6) is 0 Å². The lowest BCUT2D eigenvalue weighted by molar-refractivity contribution is 0.0488. The van der Waals surface area contributed by atoms with Crippen molar-refractivity contribution in [2.45, 2.75) is 39.3 Å². The quantitative estimate of drug-likeness (QED) is 0.461. The van der Waals surface area contributed by atoms with Crippen LogP contribution >= 0.6 is 0 Å². The van der Waals surface area contributed by atoms with E-state index in [9.17, 15) is 9.59 Å². The monoisotopic (exact) mass is 441 g/mol. The highest BCUT2D eigenvalue weighted by molar-refractivity contribution is 5.87.